The van der Waals surface area contributed by atoms with E-state index < -0.39 is 0 Å². The monoisotopic (exact) mass is 397 g/mol. The van der Waals surface area contributed by atoms with Crippen molar-refractivity contribution in [2.75, 3.05) is 39.8 Å². The van der Waals surface area contributed by atoms with E-state index in [1.807, 2.05) is 18.2 Å². The molecule has 5 heteroatoms. The zero-order valence-corrected chi connectivity index (χ0v) is 17.7. The first-order chi connectivity index (χ1) is 14.1. The van der Waals surface area contributed by atoms with E-state index in [1.165, 1.54) is 16.0 Å². The molecule has 0 aliphatic carbocycles. The fourth-order valence-corrected chi connectivity index (χ4v) is 4.00. The van der Waals surface area contributed by atoms with Crippen molar-refractivity contribution in [2.24, 2.45) is 0 Å². The molecular weight excluding hydrogens is 362 g/mol. The number of rotatable bonds is 9. The van der Waals surface area contributed by atoms with Gasteiger partial charge in [0.2, 0.25) is 0 Å². The summed E-state index contributed by atoms with van der Waals surface area (Å²) in [6.45, 7) is 8.06. The molecule has 1 heterocycles. The molecule has 1 fully saturated rings. The number of benzene rings is 2. The number of carbonyl (C=O) groups excluding carboxylic acids is 1. The van der Waals surface area contributed by atoms with Crippen LogP contribution in [0.3, 0.4) is 0 Å². The van der Waals surface area contributed by atoms with Crippen LogP contribution in [-0.2, 0) is 17.8 Å². The molecule has 2 aromatic carbocycles. The number of hydrogen-bond acceptors (Lipinski definition) is 2. The Hall–Kier alpha value is -2.37. The van der Waals surface area contributed by atoms with Gasteiger partial charge in [0.25, 0.3) is 5.91 Å². The van der Waals surface area contributed by atoms with E-state index >= 15 is 0 Å². The van der Waals surface area contributed by atoms with Gasteiger partial charge in [0.15, 0.2) is 6.54 Å². The Morgan fingerprint density at radius 1 is 0.966 bits per heavy atom. The molecule has 1 aliphatic heterocycles. The first kappa shape index (κ1) is 21.3. The standard InChI is InChI=1S/C24H33N3O2/c1-20(8-9-21-6-4-3-5-7-21)25-24(28)19-27-16-14-26(15-17-27)18-22-10-12-23(29-2)13-11-22/h3-7,10-13,20H,8-9,14-19H2,1-2H3,(H,25,28)/p+2/t20-/m1/s1. The van der Waals surface area contributed by atoms with Gasteiger partial charge in [-0.1, -0.05) is 30.3 Å². The van der Waals surface area contributed by atoms with E-state index in [2.05, 4.69) is 48.6 Å². The minimum atomic E-state index is 0.180. The lowest BCUT2D eigenvalue weighted by atomic mass is 10.1. The maximum atomic E-state index is 12.4. The number of amides is 1. The van der Waals surface area contributed by atoms with Gasteiger partial charge in [0.05, 0.1) is 7.11 Å². The molecule has 1 amide bonds. The Bertz CT molecular complexity index is 740. The molecule has 1 saturated heterocycles. The van der Waals surface area contributed by atoms with Crippen LogP contribution < -0.4 is 19.9 Å². The van der Waals surface area contributed by atoms with Gasteiger partial charge in [-0.25, -0.2) is 0 Å². The van der Waals surface area contributed by atoms with Crippen LogP contribution in [0.5, 0.6) is 5.75 Å². The molecule has 1 atom stereocenters. The van der Waals surface area contributed by atoms with Crippen molar-refractivity contribution in [3.8, 4) is 5.75 Å². The summed E-state index contributed by atoms with van der Waals surface area (Å²) in [5.41, 5.74) is 2.67. The van der Waals surface area contributed by atoms with Gasteiger partial charge in [-0.2, -0.15) is 0 Å². The summed E-state index contributed by atoms with van der Waals surface area (Å²) in [5, 5.41) is 3.18. The summed E-state index contributed by atoms with van der Waals surface area (Å²) in [5.74, 6) is 1.08. The predicted molar refractivity (Wildman–Crippen MR) is 115 cm³/mol. The summed E-state index contributed by atoms with van der Waals surface area (Å²) < 4.78 is 5.23. The number of carbonyl (C=O) groups is 1. The van der Waals surface area contributed by atoms with Crippen LogP contribution in [0.2, 0.25) is 0 Å². The Morgan fingerprint density at radius 3 is 2.28 bits per heavy atom. The molecule has 3 rings (SSSR count). The highest BCUT2D eigenvalue weighted by Gasteiger charge is 2.25. The minimum Gasteiger partial charge on any atom is -0.497 e. The Labute approximate surface area is 174 Å². The van der Waals surface area contributed by atoms with Crippen LogP contribution in [0, 0.1) is 0 Å². The first-order valence-corrected chi connectivity index (χ1v) is 10.8. The molecule has 5 nitrogen and oxygen atoms in total. The fraction of sp³-hybridized carbons (Fsp3) is 0.458. The largest absolute Gasteiger partial charge is 0.497 e. The van der Waals surface area contributed by atoms with Crippen molar-refractivity contribution >= 4 is 5.91 Å². The maximum absolute atomic E-state index is 12.4. The topological polar surface area (TPSA) is 47.2 Å². The van der Waals surface area contributed by atoms with Crippen molar-refractivity contribution < 1.29 is 19.3 Å². The second-order valence-electron chi connectivity index (χ2n) is 8.19. The van der Waals surface area contributed by atoms with Gasteiger partial charge in [-0.15, -0.1) is 0 Å². The van der Waals surface area contributed by atoms with Crippen molar-refractivity contribution in [3.05, 3.63) is 65.7 Å². The van der Waals surface area contributed by atoms with Crippen LogP contribution in [0.25, 0.3) is 0 Å². The van der Waals surface area contributed by atoms with E-state index in [9.17, 15) is 4.79 Å². The average molecular weight is 398 g/mol. The van der Waals surface area contributed by atoms with E-state index in [1.54, 1.807) is 12.0 Å². The molecule has 0 radical (unpaired) electrons. The molecule has 0 spiro atoms. The van der Waals surface area contributed by atoms with E-state index in [4.69, 9.17) is 4.74 Å². The quantitative estimate of drug-likeness (QED) is 0.563. The Morgan fingerprint density at radius 2 is 1.62 bits per heavy atom. The first-order valence-electron chi connectivity index (χ1n) is 10.8. The molecule has 156 valence electrons. The minimum absolute atomic E-state index is 0.180. The van der Waals surface area contributed by atoms with Crippen molar-refractivity contribution in [2.45, 2.75) is 32.4 Å². The van der Waals surface area contributed by atoms with Gasteiger partial charge in [0.1, 0.15) is 38.5 Å². The molecule has 0 aromatic heterocycles. The van der Waals surface area contributed by atoms with Crippen molar-refractivity contribution in [3.63, 3.8) is 0 Å². The van der Waals surface area contributed by atoms with Crippen LogP contribution in [0.15, 0.2) is 54.6 Å². The van der Waals surface area contributed by atoms with Crippen LogP contribution >= 0.6 is 0 Å². The van der Waals surface area contributed by atoms with Crippen LogP contribution in [-0.4, -0.2) is 51.8 Å². The number of aryl methyl sites for hydroxylation is 1. The third-order valence-corrected chi connectivity index (χ3v) is 5.80. The van der Waals surface area contributed by atoms with Gasteiger partial charge >= 0.3 is 0 Å². The SMILES string of the molecule is COc1ccc(C[NH+]2CC[NH+](CC(=O)N[C@H](C)CCc3ccccc3)CC2)cc1. The number of piperazine rings is 1. The Balaban J connectivity index is 1.33. The van der Waals surface area contributed by atoms with Gasteiger partial charge in [-0.3, -0.25) is 4.79 Å². The summed E-state index contributed by atoms with van der Waals surface area (Å²) >= 11 is 0. The van der Waals surface area contributed by atoms with Crippen molar-refractivity contribution in [1.82, 2.24) is 5.32 Å². The highest BCUT2D eigenvalue weighted by molar-refractivity contribution is 5.77. The highest BCUT2D eigenvalue weighted by atomic mass is 16.5. The highest BCUT2D eigenvalue weighted by Crippen LogP contribution is 2.10. The van der Waals surface area contributed by atoms with E-state index in [0.717, 1.165) is 51.3 Å². The smallest absolute Gasteiger partial charge is 0.275 e. The number of hydrogen-bond donors (Lipinski definition) is 3. The predicted octanol–water partition coefficient (Wildman–Crippen LogP) is 0.116. The molecule has 0 saturated carbocycles. The second kappa shape index (κ2) is 11.0. The zero-order valence-electron chi connectivity index (χ0n) is 17.7. The van der Waals surface area contributed by atoms with Gasteiger partial charge < -0.3 is 19.9 Å². The lowest BCUT2D eigenvalue weighted by Gasteiger charge is -2.29. The lowest BCUT2D eigenvalue weighted by molar-refractivity contribution is -1.02. The number of methoxy groups -OCH3 is 1. The normalized spacial score (nSPS) is 20.1. The average Bonchev–Trinajstić information content (AvgIpc) is 2.75. The molecule has 1 aliphatic rings. The lowest BCUT2D eigenvalue weighted by Crippen LogP contribution is -3.28. The zero-order chi connectivity index (χ0) is 20.5. The Kier molecular flexibility index (Phi) is 8.08. The molecule has 29 heavy (non-hydrogen) atoms. The third-order valence-electron chi connectivity index (χ3n) is 5.80. The van der Waals surface area contributed by atoms with Gasteiger partial charge in [0, 0.05) is 11.6 Å². The molecule has 3 N–H and O–H groups in total. The van der Waals surface area contributed by atoms with Crippen molar-refractivity contribution in [1.29, 1.82) is 0 Å². The number of nitrogens with one attached hydrogen (secondary N) is 3. The third kappa shape index (κ3) is 7.18. The van der Waals surface area contributed by atoms with E-state index in [-0.39, 0.29) is 11.9 Å². The molecular formula is C24H35N3O2+2. The van der Waals surface area contributed by atoms with E-state index in [0.29, 0.717) is 6.54 Å². The second-order valence-corrected chi connectivity index (χ2v) is 8.19. The summed E-state index contributed by atoms with van der Waals surface area (Å²) in [6, 6.07) is 19.0. The van der Waals surface area contributed by atoms with Gasteiger partial charge in [-0.05, 0) is 49.6 Å². The molecule has 0 unspecified atom stereocenters. The number of quaternary nitrogens is 2. The van der Waals surface area contributed by atoms with Crippen LogP contribution in [0.1, 0.15) is 24.5 Å². The number of ether oxygens (including phenoxy) is 1. The fourth-order valence-electron chi connectivity index (χ4n) is 4.00. The summed E-state index contributed by atoms with van der Waals surface area (Å²) in [4.78, 5) is 15.4. The summed E-state index contributed by atoms with van der Waals surface area (Å²) in [7, 11) is 1.70. The maximum Gasteiger partial charge on any atom is 0.275 e. The summed E-state index contributed by atoms with van der Waals surface area (Å²) in [6.07, 6.45) is 1.98. The van der Waals surface area contributed by atoms with Crippen LogP contribution in [0.4, 0.5) is 0 Å². The molecule has 2 aromatic rings. The molecule has 0 bridgehead atoms.